The highest BCUT2D eigenvalue weighted by Crippen LogP contribution is 2.31. The molecule has 1 amide bonds. The number of carboxylic acid groups (broad SMARTS) is 1. The number of hydrogen-bond donors (Lipinski definition) is 2. The van der Waals surface area contributed by atoms with Gasteiger partial charge in [-0.15, -0.1) is 0 Å². The summed E-state index contributed by atoms with van der Waals surface area (Å²) in [4.78, 5) is 23.8. The first-order chi connectivity index (χ1) is 15.6. The summed E-state index contributed by atoms with van der Waals surface area (Å²) in [6.45, 7) is 2.15. The van der Waals surface area contributed by atoms with E-state index in [1.54, 1.807) is 13.2 Å². The number of carbonyl (C=O) groups is 2. The molecular weight excluding hydrogens is 439 g/mol. The third-order valence-corrected chi connectivity index (χ3v) is 5.52. The summed E-state index contributed by atoms with van der Waals surface area (Å²) in [6, 6.07) is 16.2. The molecule has 174 valence electrons. The second kappa shape index (κ2) is 10.0. The van der Waals surface area contributed by atoms with Crippen molar-refractivity contribution in [3.63, 3.8) is 0 Å². The number of carboxylic acids is 1. The summed E-state index contributed by atoms with van der Waals surface area (Å²) in [5, 5.41) is 19.7. The molecule has 0 spiro atoms. The number of hydrogen-bond acceptors (Lipinski definition) is 5. The number of fused-ring (bicyclic) bond motifs is 1. The molecule has 10 heteroatoms. The Morgan fingerprint density at radius 2 is 1.97 bits per heavy atom. The number of amides is 1. The molecule has 1 fully saturated rings. The molecule has 2 heterocycles. The number of methoxy groups -OCH3 is 1. The molecule has 2 atom stereocenters. The lowest BCUT2D eigenvalue weighted by atomic mass is 9.99. The van der Waals surface area contributed by atoms with Gasteiger partial charge in [0.05, 0.1) is 18.2 Å². The van der Waals surface area contributed by atoms with Crippen LogP contribution in [0.25, 0.3) is 11.1 Å². The minimum absolute atomic E-state index is 0.100. The van der Waals surface area contributed by atoms with Crippen molar-refractivity contribution in [2.75, 3.05) is 20.3 Å². The van der Waals surface area contributed by atoms with Crippen molar-refractivity contribution >= 4 is 11.9 Å². The molecule has 0 aromatic heterocycles. The van der Waals surface area contributed by atoms with Crippen molar-refractivity contribution in [2.24, 2.45) is 0 Å². The number of aliphatic carboxylic acids is 1. The van der Waals surface area contributed by atoms with Crippen LogP contribution in [0, 0.1) is 11.3 Å². The number of halogens is 3. The van der Waals surface area contributed by atoms with Crippen LogP contribution in [0.15, 0.2) is 42.5 Å². The van der Waals surface area contributed by atoms with Gasteiger partial charge in [0.1, 0.15) is 0 Å². The predicted octanol–water partition coefficient (Wildman–Crippen LogP) is 3.19. The molecule has 0 unspecified atom stereocenters. The Morgan fingerprint density at radius 1 is 1.27 bits per heavy atom. The number of nitrogens with zero attached hydrogens (tertiary/aromatic N) is 2. The molecule has 1 saturated heterocycles. The van der Waals surface area contributed by atoms with Gasteiger partial charge in [0, 0.05) is 37.8 Å². The highest BCUT2D eigenvalue weighted by molar-refractivity contribution is 5.99. The molecule has 2 aromatic rings. The molecule has 0 aliphatic carbocycles. The number of alkyl halides is 3. The first-order valence-electron chi connectivity index (χ1n) is 10.1. The second-order valence-electron chi connectivity index (χ2n) is 7.75. The van der Waals surface area contributed by atoms with Gasteiger partial charge in [-0.2, -0.15) is 18.4 Å². The summed E-state index contributed by atoms with van der Waals surface area (Å²) >= 11 is 0. The van der Waals surface area contributed by atoms with Gasteiger partial charge >= 0.3 is 12.1 Å². The Balaban J connectivity index is 0.000000383. The number of carbonyl (C=O) groups excluding carboxylic acids is 1. The monoisotopic (exact) mass is 461 g/mol. The highest BCUT2D eigenvalue weighted by Gasteiger charge is 2.38. The van der Waals surface area contributed by atoms with Crippen LogP contribution in [-0.4, -0.2) is 60.4 Å². The van der Waals surface area contributed by atoms with Crippen molar-refractivity contribution in [2.45, 2.75) is 31.2 Å². The van der Waals surface area contributed by atoms with Crippen molar-refractivity contribution in [3.8, 4) is 17.2 Å². The maximum absolute atomic E-state index is 13.0. The van der Waals surface area contributed by atoms with Crippen LogP contribution in [0.2, 0.25) is 0 Å². The van der Waals surface area contributed by atoms with Gasteiger partial charge in [0.2, 0.25) is 0 Å². The van der Waals surface area contributed by atoms with Crippen LogP contribution in [-0.2, 0) is 16.1 Å². The maximum atomic E-state index is 13.0. The van der Waals surface area contributed by atoms with Crippen molar-refractivity contribution in [3.05, 3.63) is 59.2 Å². The van der Waals surface area contributed by atoms with E-state index in [2.05, 4.69) is 11.4 Å². The molecule has 33 heavy (non-hydrogen) atoms. The predicted molar refractivity (Wildman–Crippen MR) is 112 cm³/mol. The lowest BCUT2D eigenvalue weighted by Gasteiger charge is -2.23. The lowest BCUT2D eigenvalue weighted by Crippen LogP contribution is -2.36. The molecule has 0 radical (unpaired) electrons. The Bertz CT molecular complexity index is 1080. The average Bonchev–Trinajstić information content (AvgIpc) is 3.38. The number of ether oxygens (including phenoxy) is 1. The van der Waals surface area contributed by atoms with E-state index in [-0.39, 0.29) is 11.9 Å². The summed E-state index contributed by atoms with van der Waals surface area (Å²) in [5.41, 5.74) is 4.40. The third-order valence-electron chi connectivity index (χ3n) is 5.52. The second-order valence-corrected chi connectivity index (χ2v) is 7.75. The molecule has 2 aromatic carbocycles. The molecule has 2 aliphatic heterocycles. The van der Waals surface area contributed by atoms with Gasteiger partial charge in [-0.05, 0) is 41.3 Å². The molecule has 4 rings (SSSR count). The zero-order valence-electron chi connectivity index (χ0n) is 17.7. The molecular formula is C23H22F3N3O4. The van der Waals surface area contributed by atoms with E-state index in [4.69, 9.17) is 19.9 Å². The van der Waals surface area contributed by atoms with E-state index in [1.807, 2.05) is 41.3 Å². The fraction of sp³-hybridized carbons (Fsp3) is 0.348. The maximum Gasteiger partial charge on any atom is 0.490 e. The first-order valence-corrected chi connectivity index (χ1v) is 10.1. The standard InChI is InChI=1S/C21H21N3O2.C2HF3O2/c1-26-13-18-9-19(11-23-18)24-12-17-6-5-16(8-20(17)21(24)25)15-4-2-3-14(7-15)10-22;3-2(4,5)1(6)7/h2-8,18-19,23H,9,11-13H2,1H3;(H,6,7)/t18-,19+;/m0./s1. The number of nitriles is 1. The Labute approximate surface area is 188 Å². The summed E-state index contributed by atoms with van der Waals surface area (Å²) < 4.78 is 37.0. The molecule has 0 saturated carbocycles. The van der Waals surface area contributed by atoms with Crippen LogP contribution in [0.5, 0.6) is 0 Å². The zero-order valence-corrected chi connectivity index (χ0v) is 17.7. The van der Waals surface area contributed by atoms with E-state index >= 15 is 0 Å². The van der Waals surface area contributed by atoms with Crippen molar-refractivity contribution in [1.82, 2.24) is 10.2 Å². The van der Waals surface area contributed by atoms with Crippen LogP contribution in [0.4, 0.5) is 13.2 Å². The van der Waals surface area contributed by atoms with E-state index in [0.717, 1.165) is 35.2 Å². The van der Waals surface area contributed by atoms with Gasteiger partial charge in [-0.3, -0.25) is 4.79 Å². The zero-order chi connectivity index (χ0) is 24.2. The van der Waals surface area contributed by atoms with Gasteiger partial charge in [0.15, 0.2) is 0 Å². The number of nitrogens with one attached hydrogen (secondary N) is 1. The third kappa shape index (κ3) is 5.69. The minimum atomic E-state index is -5.08. The van der Waals surface area contributed by atoms with E-state index < -0.39 is 12.1 Å². The van der Waals surface area contributed by atoms with Gasteiger partial charge in [-0.25, -0.2) is 4.79 Å². The Hall–Kier alpha value is -3.42. The number of rotatable bonds is 4. The van der Waals surface area contributed by atoms with Gasteiger partial charge in [-0.1, -0.05) is 24.3 Å². The fourth-order valence-electron chi connectivity index (χ4n) is 3.93. The van der Waals surface area contributed by atoms with Crippen LogP contribution in [0.3, 0.4) is 0 Å². The summed E-state index contributed by atoms with van der Waals surface area (Å²) in [7, 11) is 1.70. The smallest absolute Gasteiger partial charge is 0.475 e. The van der Waals surface area contributed by atoms with E-state index in [1.165, 1.54) is 0 Å². The fourth-order valence-corrected chi connectivity index (χ4v) is 3.93. The molecule has 0 bridgehead atoms. The van der Waals surface area contributed by atoms with Crippen LogP contribution in [0.1, 0.15) is 27.9 Å². The highest BCUT2D eigenvalue weighted by atomic mass is 19.4. The largest absolute Gasteiger partial charge is 0.490 e. The first kappa shape index (κ1) is 24.2. The van der Waals surface area contributed by atoms with Gasteiger partial charge < -0.3 is 20.1 Å². The van der Waals surface area contributed by atoms with Crippen molar-refractivity contribution in [1.29, 1.82) is 5.26 Å². The SMILES string of the molecule is COC[C@@H]1C[C@@H](N2Cc3ccc(-c4cccc(C#N)c4)cc3C2=O)CN1.O=C(O)C(F)(F)F. The minimum Gasteiger partial charge on any atom is -0.475 e. The molecule has 2 aliphatic rings. The summed E-state index contributed by atoms with van der Waals surface area (Å²) in [5.74, 6) is -2.66. The van der Waals surface area contributed by atoms with Gasteiger partial charge in [0.25, 0.3) is 5.91 Å². The molecule has 7 nitrogen and oxygen atoms in total. The Morgan fingerprint density at radius 3 is 2.61 bits per heavy atom. The Kier molecular flexibility index (Phi) is 7.36. The summed E-state index contributed by atoms with van der Waals surface area (Å²) in [6.07, 6.45) is -4.16. The van der Waals surface area contributed by atoms with E-state index in [0.29, 0.717) is 24.8 Å². The molecule has 2 N–H and O–H groups in total. The topological polar surface area (TPSA) is 103 Å². The van der Waals surface area contributed by atoms with E-state index in [9.17, 15) is 18.0 Å². The van der Waals surface area contributed by atoms with Crippen LogP contribution < -0.4 is 5.32 Å². The quantitative estimate of drug-likeness (QED) is 0.725. The number of benzene rings is 2. The van der Waals surface area contributed by atoms with Crippen LogP contribution >= 0.6 is 0 Å². The van der Waals surface area contributed by atoms with Crippen molar-refractivity contribution < 1.29 is 32.6 Å². The lowest BCUT2D eigenvalue weighted by molar-refractivity contribution is -0.192. The normalized spacial score (nSPS) is 19.5. The average molecular weight is 461 g/mol.